The maximum atomic E-state index is 14.1. The first-order valence-electron chi connectivity index (χ1n) is 25.4. The number of hydrogen-bond donors (Lipinski definition) is 10. The van der Waals surface area contributed by atoms with Gasteiger partial charge in [-0.2, -0.15) is 0 Å². The second-order valence-electron chi connectivity index (χ2n) is 21.2. The quantitative estimate of drug-likeness (QED) is 0.0307. The zero-order valence-corrected chi connectivity index (χ0v) is 44.6. The highest BCUT2D eigenvalue weighted by Gasteiger charge is 2.36. The van der Waals surface area contributed by atoms with Crippen molar-refractivity contribution in [2.45, 2.75) is 209 Å². The van der Waals surface area contributed by atoms with Crippen molar-refractivity contribution in [2.75, 3.05) is 0 Å². The molecule has 0 aliphatic carbocycles. The highest BCUT2D eigenvalue weighted by molar-refractivity contribution is 5.98. The number of unbranched alkanes of at least 4 members (excludes halogenated alkanes) is 1. The molecule has 0 rings (SSSR count). The van der Waals surface area contributed by atoms with Crippen molar-refractivity contribution >= 4 is 59.3 Å². The van der Waals surface area contributed by atoms with Gasteiger partial charge in [0.15, 0.2) is 0 Å². The lowest BCUT2D eigenvalue weighted by Crippen LogP contribution is -2.61. The molecule has 0 aliphatic heterocycles. The van der Waals surface area contributed by atoms with Crippen molar-refractivity contribution in [1.82, 2.24) is 37.2 Å². The molecule has 10 N–H and O–H groups in total. The summed E-state index contributed by atoms with van der Waals surface area (Å²) in [4.78, 5) is 131. The second-order valence-corrected chi connectivity index (χ2v) is 21.2. The number of carboxylic acid groups (broad SMARTS) is 3. The maximum Gasteiger partial charge on any atom is 0.326 e. The van der Waals surface area contributed by atoms with Crippen LogP contribution in [0.25, 0.3) is 0 Å². The molecule has 0 saturated carbocycles. The first-order valence-corrected chi connectivity index (χ1v) is 25.4. The van der Waals surface area contributed by atoms with E-state index in [9.17, 15) is 63.3 Å². The molecule has 20 heteroatoms. The fourth-order valence-electron chi connectivity index (χ4n) is 7.83. The third-order valence-corrected chi connectivity index (χ3v) is 11.7. The molecule has 0 aliphatic rings. The Morgan fingerprint density at radius 2 is 0.845 bits per heavy atom. The molecule has 0 saturated heterocycles. The van der Waals surface area contributed by atoms with Gasteiger partial charge < -0.3 is 52.5 Å². The minimum Gasteiger partial charge on any atom is -0.481 e. The molecule has 0 heterocycles. The third kappa shape index (κ3) is 28.8. The molecule has 406 valence electrons. The largest absolute Gasteiger partial charge is 0.481 e. The van der Waals surface area contributed by atoms with Crippen LogP contribution >= 0.6 is 0 Å². The summed E-state index contributed by atoms with van der Waals surface area (Å²) in [7, 11) is 0. The van der Waals surface area contributed by atoms with Gasteiger partial charge in [-0.15, -0.1) is 0 Å². The summed E-state index contributed by atoms with van der Waals surface area (Å²) in [5.41, 5.74) is 0. The number of carbonyl (C=O) groups is 10. The third-order valence-electron chi connectivity index (χ3n) is 11.7. The van der Waals surface area contributed by atoms with Crippen LogP contribution in [0.3, 0.4) is 0 Å². The standard InChI is InChI=1S/C51H89N7O13/c1-14-33(12)26-34(13)18-16-15-17-19-41(59)52-35(20-21-42(60)61)45(64)53-36(22-28(2)3)46(65)55-38(24-30(6)7)49(68)58-44(32(10)11)50(69)56-39(27-43(62)63)48(67)54-37(23-29(4)5)47(66)57-40(51(70)71)25-31(8)9/h17,19,28-40,44H,14-16,18,20-27H2,1-13H3,(H,52,59)(H,53,64)(H,54,67)(H,55,65)(H,56,69)(H,57,66)(H,58,68)(H,60,61)(H,62,63)(H,70,71)/t33-,34+,35-,36-,37-,38-,39-,40-,44+/m0/s1. The Kier molecular flexibility index (Phi) is 31.3. The molecule has 7 amide bonds. The summed E-state index contributed by atoms with van der Waals surface area (Å²) in [5.74, 6) is -9.83. The Labute approximate surface area is 421 Å². The van der Waals surface area contributed by atoms with Crippen molar-refractivity contribution in [2.24, 2.45) is 41.4 Å². The summed E-state index contributed by atoms with van der Waals surface area (Å²) in [6.07, 6.45) is 6.39. The normalized spacial score (nSPS) is 15.5. The van der Waals surface area contributed by atoms with Gasteiger partial charge in [-0.3, -0.25) is 43.2 Å². The summed E-state index contributed by atoms with van der Waals surface area (Å²) in [6, 6.07) is -9.49. The Balaban J connectivity index is 6.37. The van der Waals surface area contributed by atoms with E-state index in [1.807, 2.05) is 0 Å². The van der Waals surface area contributed by atoms with E-state index in [4.69, 9.17) is 0 Å². The van der Waals surface area contributed by atoms with Crippen LogP contribution in [0.4, 0.5) is 0 Å². The number of rotatable bonds is 36. The molecule has 0 radical (unpaired) electrons. The van der Waals surface area contributed by atoms with Crippen molar-refractivity contribution < 1.29 is 63.3 Å². The molecular formula is C51H89N7O13. The number of amides is 7. The van der Waals surface area contributed by atoms with Crippen molar-refractivity contribution in [3.05, 3.63) is 12.2 Å². The molecule has 0 aromatic carbocycles. The molecule has 71 heavy (non-hydrogen) atoms. The van der Waals surface area contributed by atoms with Crippen LogP contribution in [-0.2, 0) is 47.9 Å². The van der Waals surface area contributed by atoms with E-state index in [2.05, 4.69) is 58.0 Å². The summed E-state index contributed by atoms with van der Waals surface area (Å²) in [5, 5.41) is 46.7. The van der Waals surface area contributed by atoms with Crippen LogP contribution in [0.15, 0.2) is 12.2 Å². The first kappa shape index (κ1) is 65.4. The van der Waals surface area contributed by atoms with E-state index in [0.717, 1.165) is 25.7 Å². The van der Waals surface area contributed by atoms with E-state index in [1.165, 1.54) is 6.08 Å². The van der Waals surface area contributed by atoms with Crippen LogP contribution < -0.4 is 37.2 Å². The van der Waals surface area contributed by atoms with E-state index in [-0.39, 0.29) is 55.8 Å². The van der Waals surface area contributed by atoms with Crippen LogP contribution in [0.2, 0.25) is 0 Å². The zero-order chi connectivity index (χ0) is 54.7. The number of hydrogen-bond acceptors (Lipinski definition) is 10. The molecule has 0 fully saturated rings. The summed E-state index contributed by atoms with van der Waals surface area (Å²) < 4.78 is 0. The van der Waals surface area contributed by atoms with E-state index >= 15 is 0 Å². The lowest BCUT2D eigenvalue weighted by molar-refractivity contribution is -0.143. The van der Waals surface area contributed by atoms with Crippen molar-refractivity contribution in [3.63, 3.8) is 0 Å². The highest BCUT2D eigenvalue weighted by Crippen LogP contribution is 2.20. The average Bonchev–Trinajstić information content (AvgIpc) is 3.24. The molecule has 9 atom stereocenters. The van der Waals surface area contributed by atoms with Crippen LogP contribution in [0, 0.1) is 41.4 Å². The van der Waals surface area contributed by atoms with Crippen molar-refractivity contribution in [3.8, 4) is 0 Å². The molecular weight excluding hydrogens is 919 g/mol. The van der Waals surface area contributed by atoms with Gasteiger partial charge in [0.2, 0.25) is 41.4 Å². The van der Waals surface area contributed by atoms with Gasteiger partial charge >= 0.3 is 17.9 Å². The zero-order valence-electron chi connectivity index (χ0n) is 44.6. The first-order chi connectivity index (χ1) is 33.0. The predicted molar refractivity (Wildman–Crippen MR) is 269 cm³/mol. The minimum atomic E-state index is -1.74. The molecule has 0 aromatic heterocycles. The van der Waals surface area contributed by atoms with Gasteiger partial charge in [0.1, 0.15) is 42.3 Å². The lowest BCUT2D eigenvalue weighted by atomic mass is 9.91. The Bertz CT molecular complexity index is 1780. The van der Waals surface area contributed by atoms with E-state index in [1.54, 1.807) is 75.3 Å². The van der Waals surface area contributed by atoms with Gasteiger partial charge in [0.05, 0.1) is 6.42 Å². The van der Waals surface area contributed by atoms with Gasteiger partial charge in [-0.1, -0.05) is 109 Å². The lowest BCUT2D eigenvalue weighted by Gasteiger charge is -2.29. The number of aliphatic carboxylic acids is 3. The fourth-order valence-corrected chi connectivity index (χ4v) is 7.83. The average molecular weight is 1010 g/mol. The number of nitrogens with one attached hydrogen (secondary N) is 7. The Morgan fingerprint density at radius 1 is 0.437 bits per heavy atom. The summed E-state index contributed by atoms with van der Waals surface area (Å²) in [6.45, 7) is 24.0. The highest BCUT2D eigenvalue weighted by atomic mass is 16.4. The number of allylic oxidation sites excluding steroid dienone is 1. The number of carbonyl (C=O) groups excluding carboxylic acids is 7. The topological polar surface area (TPSA) is 316 Å². The Morgan fingerprint density at radius 3 is 1.25 bits per heavy atom. The fraction of sp³-hybridized carbons (Fsp3) is 0.765. The molecule has 20 nitrogen and oxygen atoms in total. The maximum absolute atomic E-state index is 14.1. The number of carboxylic acids is 3. The van der Waals surface area contributed by atoms with Crippen LogP contribution in [0.1, 0.15) is 167 Å². The van der Waals surface area contributed by atoms with Crippen molar-refractivity contribution in [1.29, 1.82) is 0 Å². The van der Waals surface area contributed by atoms with E-state index in [0.29, 0.717) is 18.3 Å². The second kappa shape index (κ2) is 33.9. The SMILES string of the molecule is CC[C@H](C)C[C@H](C)CCCC=CC(=O)N[C@@H](CCC(=O)O)C(=O)N[C@@H](CC(C)C)C(=O)N[C@@H](CC(C)C)C(=O)N[C@@H](C(=O)N[C@@H](CC(=O)O)C(=O)N[C@@H](CC(C)C)C(=O)N[C@@H](CC(C)C)C(=O)O)C(C)C. The van der Waals surface area contributed by atoms with Gasteiger partial charge in [-0.25, -0.2) is 4.79 Å². The molecule has 0 bridgehead atoms. The van der Waals surface area contributed by atoms with Crippen LogP contribution in [-0.4, -0.2) is 117 Å². The van der Waals surface area contributed by atoms with Gasteiger partial charge in [0.25, 0.3) is 0 Å². The van der Waals surface area contributed by atoms with Crippen LogP contribution in [0.5, 0.6) is 0 Å². The predicted octanol–water partition coefficient (Wildman–Crippen LogP) is 4.44. The molecule has 0 unspecified atom stereocenters. The molecule has 0 aromatic rings. The molecule has 0 spiro atoms. The monoisotopic (exact) mass is 1010 g/mol. The van der Waals surface area contributed by atoms with Gasteiger partial charge in [-0.05, 0) is 98.9 Å². The van der Waals surface area contributed by atoms with E-state index < -0.39 is 120 Å². The Hall–Kier alpha value is -5.56. The smallest absolute Gasteiger partial charge is 0.326 e. The minimum absolute atomic E-state index is 0.0483. The van der Waals surface area contributed by atoms with Gasteiger partial charge in [0, 0.05) is 6.42 Å². The summed E-state index contributed by atoms with van der Waals surface area (Å²) >= 11 is 0.